The molecule has 0 aliphatic heterocycles. The third-order valence-electron chi connectivity index (χ3n) is 5.05. The van der Waals surface area contributed by atoms with Crippen molar-refractivity contribution in [1.29, 1.82) is 0 Å². The summed E-state index contributed by atoms with van der Waals surface area (Å²) in [6.07, 6.45) is 1.38. The molecule has 184 valence electrons. The number of nitrogens with zero attached hydrogens (tertiary/aromatic N) is 2. The van der Waals surface area contributed by atoms with Gasteiger partial charge < -0.3 is 15.4 Å². The normalized spacial score (nSPS) is 10.7. The van der Waals surface area contributed by atoms with E-state index in [-0.39, 0.29) is 48.8 Å². The lowest BCUT2D eigenvalue weighted by Crippen LogP contribution is -2.43. The van der Waals surface area contributed by atoms with Gasteiger partial charge in [0.25, 0.3) is 11.5 Å². The first-order valence-corrected chi connectivity index (χ1v) is 11.1. The number of nitrogens with two attached hydrogens (primary N) is 1. The summed E-state index contributed by atoms with van der Waals surface area (Å²) in [5.74, 6) is -2.46. The number of benzene rings is 1. The largest absolute Gasteiger partial charge is 0.456 e. The van der Waals surface area contributed by atoms with Gasteiger partial charge in [0.1, 0.15) is 11.6 Å². The zero-order chi connectivity index (χ0) is 25.3. The number of anilines is 2. The fraction of sp³-hybridized carbons (Fsp3) is 0.435. The minimum atomic E-state index is -0.810. The van der Waals surface area contributed by atoms with E-state index < -0.39 is 35.5 Å². The summed E-state index contributed by atoms with van der Waals surface area (Å²) in [5.41, 5.74) is 4.67. The Bertz CT molecular complexity index is 1140. The number of amides is 1. The Kier molecular flexibility index (Phi) is 9.72. The molecule has 0 saturated heterocycles. The van der Waals surface area contributed by atoms with Crippen LogP contribution in [0.5, 0.6) is 0 Å². The number of esters is 1. The van der Waals surface area contributed by atoms with E-state index in [9.17, 15) is 28.4 Å². The molecular formula is C23H29FN4O6. The number of Topliss-reactive ketones (excluding diaryl/α,β-unsaturated/α-hetero) is 1. The summed E-state index contributed by atoms with van der Waals surface area (Å²) in [6, 6.07) is 4.92. The van der Waals surface area contributed by atoms with Crippen LogP contribution in [0.15, 0.2) is 33.9 Å². The molecule has 1 heterocycles. The first kappa shape index (κ1) is 26.5. The molecule has 10 nitrogen and oxygen atoms in total. The van der Waals surface area contributed by atoms with Gasteiger partial charge in [-0.1, -0.05) is 20.3 Å². The Labute approximate surface area is 195 Å². The van der Waals surface area contributed by atoms with Gasteiger partial charge in [-0.15, -0.1) is 0 Å². The zero-order valence-electron chi connectivity index (χ0n) is 19.3. The third-order valence-corrected chi connectivity index (χ3v) is 5.05. The van der Waals surface area contributed by atoms with Crippen molar-refractivity contribution in [2.24, 2.45) is 0 Å². The number of ketones is 1. The van der Waals surface area contributed by atoms with Crippen molar-refractivity contribution < 1.29 is 23.5 Å². The maximum atomic E-state index is 13.0. The molecule has 0 atom stereocenters. The SMILES string of the molecule is CCCCN(C(=O)COC(=O)CCC(=O)c1ccc(F)cc1)c1c(N)n(CCC)c(=O)[nH]c1=O. The molecule has 0 spiro atoms. The number of carbonyl (C=O) groups excluding carboxylic acids is 3. The van der Waals surface area contributed by atoms with E-state index in [1.165, 1.54) is 16.7 Å². The van der Waals surface area contributed by atoms with Crippen LogP contribution < -0.4 is 21.9 Å². The maximum absolute atomic E-state index is 13.0. The third kappa shape index (κ3) is 6.87. The summed E-state index contributed by atoms with van der Waals surface area (Å²) in [4.78, 5) is 64.9. The van der Waals surface area contributed by atoms with E-state index in [1.807, 2.05) is 13.8 Å². The highest BCUT2D eigenvalue weighted by molar-refractivity contribution is 5.98. The molecule has 34 heavy (non-hydrogen) atoms. The predicted molar refractivity (Wildman–Crippen MR) is 124 cm³/mol. The molecule has 0 bridgehead atoms. The molecule has 0 fully saturated rings. The number of aromatic nitrogens is 2. The van der Waals surface area contributed by atoms with Crippen LogP contribution in [0.3, 0.4) is 0 Å². The number of ether oxygens (including phenoxy) is 1. The molecule has 2 rings (SSSR count). The average molecular weight is 477 g/mol. The average Bonchev–Trinajstić information content (AvgIpc) is 2.81. The van der Waals surface area contributed by atoms with Gasteiger partial charge in [-0.25, -0.2) is 9.18 Å². The minimum absolute atomic E-state index is 0.132. The Hall–Kier alpha value is -3.76. The summed E-state index contributed by atoms with van der Waals surface area (Å²) in [6.45, 7) is 3.44. The van der Waals surface area contributed by atoms with Crippen LogP contribution >= 0.6 is 0 Å². The van der Waals surface area contributed by atoms with Gasteiger partial charge in [0.05, 0.1) is 6.42 Å². The van der Waals surface area contributed by atoms with Crippen LogP contribution in [-0.4, -0.2) is 40.4 Å². The summed E-state index contributed by atoms with van der Waals surface area (Å²) < 4.78 is 19.2. The highest BCUT2D eigenvalue weighted by Crippen LogP contribution is 2.18. The van der Waals surface area contributed by atoms with Gasteiger partial charge >= 0.3 is 11.7 Å². The van der Waals surface area contributed by atoms with Crippen molar-refractivity contribution in [3.05, 3.63) is 56.5 Å². The van der Waals surface area contributed by atoms with E-state index in [4.69, 9.17) is 10.5 Å². The molecule has 0 saturated carbocycles. The highest BCUT2D eigenvalue weighted by Gasteiger charge is 2.25. The molecule has 11 heteroatoms. The number of unbranched alkanes of at least 4 members (excludes halogenated alkanes) is 1. The fourth-order valence-electron chi connectivity index (χ4n) is 3.25. The Balaban J connectivity index is 2.08. The van der Waals surface area contributed by atoms with E-state index >= 15 is 0 Å². The Morgan fingerprint density at radius 3 is 2.38 bits per heavy atom. The summed E-state index contributed by atoms with van der Waals surface area (Å²) >= 11 is 0. The second-order valence-corrected chi connectivity index (χ2v) is 7.63. The summed E-state index contributed by atoms with van der Waals surface area (Å²) in [5, 5.41) is 0. The van der Waals surface area contributed by atoms with E-state index in [2.05, 4.69) is 4.98 Å². The summed E-state index contributed by atoms with van der Waals surface area (Å²) in [7, 11) is 0. The van der Waals surface area contributed by atoms with Crippen LogP contribution in [0.25, 0.3) is 0 Å². The van der Waals surface area contributed by atoms with Gasteiger partial charge in [-0.3, -0.25) is 28.7 Å². The predicted octanol–water partition coefficient (Wildman–Crippen LogP) is 2.01. The molecule has 0 radical (unpaired) electrons. The number of carbonyl (C=O) groups is 3. The number of nitrogen functional groups attached to an aromatic ring is 1. The number of nitrogens with one attached hydrogen (secondary N) is 1. The van der Waals surface area contributed by atoms with Gasteiger partial charge in [0.15, 0.2) is 18.1 Å². The van der Waals surface area contributed by atoms with Gasteiger partial charge in [-0.2, -0.15) is 0 Å². The zero-order valence-corrected chi connectivity index (χ0v) is 19.3. The fourth-order valence-corrected chi connectivity index (χ4v) is 3.25. The Morgan fingerprint density at radius 2 is 1.76 bits per heavy atom. The van der Waals surface area contributed by atoms with Crippen molar-refractivity contribution in [2.45, 2.75) is 52.5 Å². The monoisotopic (exact) mass is 476 g/mol. The standard InChI is InChI=1S/C23H29FN4O6/c1-3-5-13-27(20-21(25)28(12-4-2)23(33)26-22(20)32)18(30)14-34-19(31)11-10-17(29)15-6-8-16(24)9-7-15/h6-9H,3-5,10-14,25H2,1-2H3,(H,26,32,33). The van der Waals surface area contributed by atoms with Crippen LogP contribution in [0.4, 0.5) is 15.9 Å². The molecule has 0 aliphatic carbocycles. The van der Waals surface area contributed by atoms with Gasteiger partial charge in [0.2, 0.25) is 0 Å². The Morgan fingerprint density at radius 1 is 1.09 bits per heavy atom. The van der Waals surface area contributed by atoms with E-state index in [0.717, 1.165) is 17.0 Å². The molecule has 0 unspecified atom stereocenters. The van der Waals surface area contributed by atoms with Crippen molar-refractivity contribution >= 4 is 29.2 Å². The second kappa shape index (κ2) is 12.5. The number of aromatic amines is 1. The molecular weight excluding hydrogens is 447 g/mol. The molecule has 1 aromatic heterocycles. The van der Waals surface area contributed by atoms with Gasteiger partial charge in [0, 0.05) is 25.1 Å². The number of hydrogen-bond acceptors (Lipinski definition) is 7. The lowest BCUT2D eigenvalue weighted by atomic mass is 10.1. The number of H-pyrrole nitrogens is 1. The topological polar surface area (TPSA) is 145 Å². The molecule has 0 aliphatic rings. The minimum Gasteiger partial charge on any atom is -0.456 e. The second-order valence-electron chi connectivity index (χ2n) is 7.63. The molecule has 1 amide bonds. The number of halogens is 1. The van der Waals surface area contributed by atoms with Crippen molar-refractivity contribution in [1.82, 2.24) is 9.55 Å². The van der Waals surface area contributed by atoms with Crippen LogP contribution in [0.2, 0.25) is 0 Å². The van der Waals surface area contributed by atoms with Crippen molar-refractivity contribution in [3.8, 4) is 0 Å². The first-order valence-electron chi connectivity index (χ1n) is 11.1. The van der Waals surface area contributed by atoms with Crippen molar-refractivity contribution in [2.75, 3.05) is 23.8 Å². The lowest BCUT2D eigenvalue weighted by Gasteiger charge is -2.24. The van der Waals surface area contributed by atoms with E-state index in [1.54, 1.807) is 0 Å². The number of rotatable bonds is 12. The van der Waals surface area contributed by atoms with Crippen LogP contribution in [-0.2, 0) is 20.9 Å². The van der Waals surface area contributed by atoms with Crippen LogP contribution in [0.1, 0.15) is 56.3 Å². The molecule has 1 aromatic carbocycles. The maximum Gasteiger partial charge on any atom is 0.330 e. The van der Waals surface area contributed by atoms with Gasteiger partial charge in [-0.05, 0) is 37.1 Å². The van der Waals surface area contributed by atoms with E-state index in [0.29, 0.717) is 19.3 Å². The van der Waals surface area contributed by atoms with Crippen molar-refractivity contribution in [3.63, 3.8) is 0 Å². The first-order chi connectivity index (χ1) is 16.2. The lowest BCUT2D eigenvalue weighted by molar-refractivity contribution is -0.147. The molecule has 3 N–H and O–H groups in total. The van der Waals surface area contributed by atoms with Crippen LogP contribution in [0, 0.1) is 5.82 Å². The smallest absolute Gasteiger partial charge is 0.330 e. The number of hydrogen-bond donors (Lipinski definition) is 2. The highest BCUT2D eigenvalue weighted by atomic mass is 19.1. The quantitative estimate of drug-likeness (QED) is 0.352. The molecule has 2 aromatic rings.